The van der Waals surface area contributed by atoms with Crippen LogP contribution in [0.2, 0.25) is 0 Å². The zero-order chi connectivity index (χ0) is 14.4. The van der Waals surface area contributed by atoms with Crippen LogP contribution in [-0.4, -0.2) is 4.98 Å². The number of hydrogen-bond donors (Lipinski definition) is 2. The molecule has 0 atom stereocenters. The molecule has 1 aromatic heterocycles. The van der Waals surface area contributed by atoms with Crippen LogP contribution in [0.3, 0.4) is 0 Å². The van der Waals surface area contributed by atoms with Crippen LogP contribution in [0.25, 0.3) is 10.9 Å². The van der Waals surface area contributed by atoms with Crippen molar-refractivity contribution in [3.63, 3.8) is 0 Å². The monoisotopic (exact) mass is 281 g/mol. The molecule has 0 aliphatic rings. The van der Waals surface area contributed by atoms with Crippen LogP contribution in [-0.2, 0) is 6.18 Å². The third kappa shape index (κ3) is 2.16. The van der Waals surface area contributed by atoms with Crippen molar-refractivity contribution in [1.82, 2.24) is 4.98 Å². The molecule has 0 saturated carbocycles. The fourth-order valence-corrected chi connectivity index (χ4v) is 1.56. The van der Waals surface area contributed by atoms with E-state index >= 15 is 0 Å². The standard InChI is InChI=1S/C10H5F6N3/c11-3-1-4(12)8(13)9-7(3)5(19-17)2-6(18-9)10(14,15)16/h1-2H,17H2,(H,18,19). The number of nitrogens with zero attached hydrogens (tertiary/aromatic N) is 1. The van der Waals surface area contributed by atoms with Gasteiger partial charge >= 0.3 is 6.18 Å². The van der Waals surface area contributed by atoms with Crippen molar-refractivity contribution < 1.29 is 26.3 Å². The molecule has 0 unspecified atom stereocenters. The Balaban J connectivity index is 2.93. The first kappa shape index (κ1) is 13.4. The van der Waals surface area contributed by atoms with E-state index in [2.05, 4.69) is 4.98 Å². The van der Waals surface area contributed by atoms with Gasteiger partial charge in [0.05, 0.1) is 11.1 Å². The molecule has 3 N–H and O–H groups in total. The van der Waals surface area contributed by atoms with Gasteiger partial charge in [-0.25, -0.2) is 18.2 Å². The second-order valence-electron chi connectivity index (χ2n) is 3.57. The number of halogens is 6. The molecule has 19 heavy (non-hydrogen) atoms. The molecule has 102 valence electrons. The molecule has 0 spiro atoms. The van der Waals surface area contributed by atoms with Gasteiger partial charge in [0.1, 0.15) is 17.0 Å². The highest BCUT2D eigenvalue weighted by Gasteiger charge is 2.34. The molecule has 0 saturated heterocycles. The fourth-order valence-electron chi connectivity index (χ4n) is 1.56. The number of nitrogen functional groups attached to an aromatic ring is 1. The summed E-state index contributed by atoms with van der Waals surface area (Å²) < 4.78 is 77.5. The van der Waals surface area contributed by atoms with Gasteiger partial charge in [0.25, 0.3) is 0 Å². The normalized spacial score (nSPS) is 11.9. The zero-order valence-electron chi connectivity index (χ0n) is 8.95. The highest BCUT2D eigenvalue weighted by atomic mass is 19.4. The number of fused-ring (bicyclic) bond motifs is 1. The van der Waals surface area contributed by atoms with Crippen molar-refractivity contribution in [2.75, 3.05) is 5.43 Å². The molecule has 2 aromatic rings. The van der Waals surface area contributed by atoms with E-state index in [1.807, 2.05) is 0 Å². The molecular weight excluding hydrogens is 276 g/mol. The van der Waals surface area contributed by atoms with Gasteiger partial charge in [-0.2, -0.15) is 13.2 Å². The van der Waals surface area contributed by atoms with Crippen molar-refractivity contribution >= 4 is 16.6 Å². The first-order valence-electron chi connectivity index (χ1n) is 4.77. The number of alkyl halides is 3. The Labute approximate surface area is 102 Å². The van der Waals surface area contributed by atoms with E-state index in [9.17, 15) is 26.3 Å². The predicted molar refractivity (Wildman–Crippen MR) is 54.4 cm³/mol. The summed E-state index contributed by atoms with van der Waals surface area (Å²) in [4.78, 5) is 2.90. The van der Waals surface area contributed by atoms with E-state index in [-0.39, 0.29) is 6.07 Å². The minimum atomic E-state index is -4.91. The summed E-state index contributed by atoms with van der Waals surface area (Å²) in [5.74, 6) is 0.362. The molecule has 0 aliphatic carbocycles. The molecule has 0 aliphatic heterocycles. The first-order valence-corrected chi connectivity index (χ1v) is 4.77. The summed E-state index contributed by atoms with van der Waals surface area (Å²) >= 11 is 0. The van der Waals surface area contributed by atoms with Gasteiger partial charge in [0, 0.05) is 6.07 Å². The molecule has 1 heterocycles. The van der Waals surface area contributed by atoms with Crippen LogP contribution in [0, 0.1) is 17.5 Å². The van der Waals surface area contributed by atoms with Crippen molar-refractivity contribution in [2.24, 2.45) is 5.84 Å². The van der Waals surface area contributed by atoms with Gasteiger partial charge in [-0.3, -0.25) is 5.84 Å². The number of hydrazine groups is 1. The number of aromatic nitrogens is 1. The minimum absolute atomic E-state index is 0.202. The van der Waals surface area contributed by atoms with Crippen LogP contribution >= 0.6 is 0 Å². The van der Waals surface area contributed by atoms with Crippen LogP contribution in [0.15, 0.2) is 12.1 Å². The Hall–Kier alpha value is -2.03. The van der Waals surface area contributed by atoms with Crippen LogP contribution in [0.1, 0.15) is 5.69 Å². The number of nitrogens with one attached hydrogen (secondary N) is 1. The van der Waals surface area contributed by atoms with E-state index in [1.165, 1.54) is 0 Å². The molecule has 0 radical (unpaired) electrons. The van der Waals surface area contributed by atoms with Gasteiger partial charge in [0.15, 0.2) is 11.6 Å². The second kappa shape index (κ2) is 4.26. The SMILES string of the molecule is NNc1cc(C(F)(F)F)nc2c(F)c(F)cc(F)c12. The Morgan fingerprint density at radius 2 is 1.68 bits per heavy atom. The summed E-state index contributed by atoms with van der Waals surface area (Å²) in [6.45, 7) is 0. The van der Waals surface area contributed by atoms with Gasteiger partial charge < -0.3 is 5.43 Å². The molecule has 2 rings (SSSR count). The lowest BCUT2D eigenvalue weighted by atomic mass is 10.1. The van der Waals surface area contributed by atoms with E-state index in [0.717, 1.165) is 0 Å². The number of anilines is 1. The average molecular weight is 281 g/mol. The summed E-state index contributed by atoms with van der Waals surface area (Å²) in [6, 6.07) is 0.607. The Morgan fingerprint density at radius 3 is 2.21 bits per heavy atom. The quantitative estimate of drug-likeness (QED) is 0.366. The molecule has 0 fully saturated rings. The number of benzene rings is 1. The zero-order valence-corrected chi connectivity index (χ0v) is 8.95. The van der Waals surface area contributed by atoms with E-state index in [0.29, 0.717) is 6.07 Å². The number of nitrogens with two attached hydrogens (primary N) is 1. The highest BCUT2D eigenvalue weighted by molar-refractivity contribution is 5.92. The van der Waals surface area contributed by atoms with Gasteiger partial charge in [-0.1, -0.05) is 0 Å². The Kier molecular flexibility index (Phi) is 3.01. The molecular formula is C10H5F6N3. The minimum Gasteiger partial charge on any atom is -0.323 e. The van der Waals surface area contributed by atoms with Gasteiger partial charge in [-0.15, -0.1) is 0 Å². The average Bonchev–Trinajstić information content (AvgIpc) is 2.33. The fraction of sp³-hybridized carbons (Fsp3) is 0.100. The number of pyridine rings is 1. The van der Waals surface area contributed by atoms with Crippen LogP contribution < -0.4 is 11.3 Å². The maximum Gasteiger partial charge on any atom is 0.433 e. The van der Waals surface area contributed by atoms with E-state index in [1.54, 1.807) is 5.43 Å². The molecule has 1 aromatic carbocycles. The summed E-state index contributed by atoms with van der Waals surface area (Å²) in [7, 11) is 0. The number of hydrogen-bond acceptors (Lipinski definition) is 3. The lowest BCUT2D eigenvalue weighted by Crippen LogP contribution is -2.14. The number of rotatable bonds is 1. The summed E-state index contributed by atoms with van der Waals surface area (Å²) in [5, 5.41) is -0.658. The smallest absolute Gasteiger partial charge is 0.323 e. The first-order chi connectivity index (χ1) is 8.75. The topological polar surface area (TPSA) is 50.9 Å². The van der Waals surface area contributed by atoms with Crippen molar-refractivity contribution in [3.8, 4) is 0 Å². The van der Waals surface area contributed by atoms with Crippen molar-refractivity contribution in [2.45, 2.75) is 6.18 Å². The summed E-state index contributed by atoms with van der Waals surface area (Å²) in [6.07, 6.45) is -4.91. The van der Waals surface area contributed by atoms with Crippen molar-refractivity contribution in [3.05, 3.63) is 35.3 Å². The maximum absolute atomic E-state index is 13.5. The van der Waals surface area contributed by atoms with Crippen molar-refractivity contribution in [1.29, 1.82) is 0 Å². The second-order valence-corrected chi connectivity index (χ2v) is 3.57. The van der Waals surface area contributed by atoms with Crippen LogP contribution in [0.5, 0.6) is 0 Å². The Bertz CT molecular complexity index is 652. The van der Waals surface area contributed by atoms with Crippen LogP contribution in [0.4, 0.5) is 32.0 Å². The van der Waals surface area contributed by atoms with Gasteiger partial charge in [-0.05, 0) is 6.07 Å². The third-order valence-corrected chi connectivity index (χ3v) is 2.38. The molecule has 0 bridgehead atoms. The molecule has 9 heteroatoms. The van der Waals surface area contributed by atoms with Gasteiger partial charge in [0.2, 0.25) is 0 Å². The predicted octanol–water partition coefficient (Wildman–Crippen LogP) is 2.96. The molecule has 0 amide bonds. The maximum atomic E-state index is 13.5. The Morgan fingerprint density at radius 1 is 1.05 bits per heavy atom. The third-order valence-electron chi connectivity index (χ3n) is 2.38. The lowest BCUT2D eigenvalue weighted by molar-refractivity contribution is -0.140. The highest BCUT2D eigenvalue weighted by Crippen LogP contribution is 2.35. The summed E-state index contributed by atoms with van der Waals surface area (Å²) in [5.41, 5.74) is -1.35. The molecule has 3 nitrogen and oxygen atoms in total. The van der Waals surface area contributed by atoms with E-state index < -0.39 is 45.9 Å². The largest absolute Gasteiger partial charge is 0.433 e. The lowest BCUT2D eigenvalue weighted by Gasteiger charge is -2.12. The van der Waals surface area contributed by atoms with E-state index in [4.69, 9.17) is 5.84 Å².